The predicted octanol–water partition coefficient (Wildman–Crippen LogP) is 2.58. The first kappa shape index (κ1) is 13.9. The zero-order chi connectivity index (χ0) is 15.5. The highest BCUT2D eigenvalue weighted by molar-refractivity contribution is 5.92. The lowest BCUT2D eigenvalue weighted by Gasteiger charge is -2.08. The Balaban J connectivity index is 1.74. The van der Waals surface area contributed by atoms with Gasteiger partial charge in [-0.2, -0.15) is 0 Å². The maximum absolute atomic E-state index is 13.9. The number of H-pyrrole nitrogens is 1. The number of benzene rings is 1. The van der Waals surface area contributed by atoms with Gasteiger partial charge < -0.3 is 20.0 Å². The number of amides is 2. The van der Waals surface area contributed by atoms with E-state index in [9.17, 15) is 14.0 Å². The number of rotatable bonds is 3. The molecule has 0 aliphatic rings. The van der Waals surface area contributed by atoms with E-state index < -0.39 is 11.8 Å². The summed E-state index contributed by atoms with van der Waals surface area (Å²) >= 11 is 0. The van der Waals surface area contributed by atoms with Crippen LogP contribution in [-0.4, -0.2) is 11.0 Å². The maximum atomic E-state index is 13.9. The summed E-state index contributed by atoms with van der Waals surface area (Å²) in [6.45, 7) is 0.224. The molecule has 1 aromatic carbocycles. The van der Waals surface area contributed by atoms with Crippen molar-refractivity contribution in [3.8, 4) is 0 Å². The Labute approximate surface area is 124 Å². The topological polar surface area (TPSA) is 87.1 Å². The molecule has 22 heavy (non-hydrogen) atoms. The van der Waals surface area contributed by atoms with Gasteiger partial charge in [0, 0.05) is 17.1 Å². The summed E-state index contributed by atoms with van der Waals surface area (Å²) in [6, 6.07) is 8.46. The van der Waals surface area contributed by atoms with Crippen molar-refractivity contribution in [3.63, 3.8) is 0 Å². The fraction of sp³-hybridized carbons (Fsp3) is 0.0667. The smallest absolute Gasteiger partial charge is 0.319 e. The lowest BCUT2D eigenvalue weighted by atomic mass is 10.2. The number of hydrogen-bond donors (Lipinski definition) is 3. The summed E-state index contributed by atoms with van der Waals surface area (Å²) in [4.78, 5) is 25.4. The summed E-state index contributed by atoms with van der Waals surface area (Å²) in [7, 11) is 0. The maximum Gasteiger partial charge on any atom is 0.319 e. The van der Waals surface area contributed by atoms with Crippen molar-refractivity contribution in [2.24, 2.45) is 0 Å². The van der Waals surface area contributed by atoms with Gasteiger partial charge in [-0.1, -0.05) is 0 Å². The highest BCUT2D eigenvalue weighted by atomic mass is 19.1. The second kappa shape index (κ2) is 5.72. The zero-order valence-electron chi connectivity index (χ0n) is 11.4. The molecule has 0 saturated carbocycles. The number of anilines is 1. The summed E-state index contributed by atoms with van der Waals surface area (Å²) in [6.07, 6.45) is 1.51. The van der Waals surface area contributed by atoms with Gasteiger partial charge in [-0.15, -0.1) is 0 Å². The van der Waals surface area contributed by atoms with Crippen LogP contribution in [0.1, 0.15) is 5.76 Å². The van der Waals surface area contributed by atoms with Gasteiger partial charge in [-0.05, 0) is 30.3 Å². The van der Waals surface area contributed by atoms with Gasteiger partial charge in [0.1, 0.15) is 11.6 Å². The predicted molar refractivity (Wildman–Crippen MR) is 79.1 cm³/mol. The van der Waals surface area contributed by atoms with Crippen LogP contribution in [0.15, 0.2) is 51.9 Å². The Kier molecular flexibility index (Phi) is 3.61. The highest BCUT2D eigenvalue weighted by Crippen LogP contribution is 2.20. The number of nitrogens with one attached hydrogen (secondary N) is 3. The van der Waals surface area contributed by atoms with Crippen LogP contribution in [0, 0.1) is 5.82 Å². The summed E-state index contributed by atoms with van der Waals surface area (Å²) in [5.41, 5.74) is 0.00587. The molecule has 0 saturated heterocycles. The second-order valence-corrected chi connectivity index (χ2v) is 4.63. The van der Waals surface area contributed by atoms with Gasteiger partial charge in [-0.3, -0.25) is 4.79 Å². The lowest BCUT2D eigenvalue weighted by molar-refractivity contribution is 0.251. The van der Waals surface area contributed by atoms with E-state index in [2.05, 4.69) is 15.6 Å². The van der Waals surface area contributed by atoms with Crippen molar-refractivity contribution >= 4 is 22.6 Å². The molecule has 0 aliphatic carbocycles. The van der Waals surface area contributed by atoms with Gasteiger partial charge in [0.25, 0.3) is 0 Å². The number of carbonyl (C=O) groups is 1. The molecular formula is C15H12FN3O3. The quantitative estimate of drug-likeness (QED) is 0.695. The number of carbonyl (C=O) groups excluding carboxylic acids is 1. The Morgan fingerprint density at radius 3 is 2.91 bits per heavy atom. The molecular weight excluding hydrogens is 289 g/mol. The van der Waals surface area contributed by atoms with Gasteiger partial charge >= 0.3 is 6.03 Å². The molecule has 0 unspecified atom stereocenters. The first-order chi connectivity index (χ1) is 10.6. The number of aromatic amines is 1. The van der Waals surface area contributed by atoms with Crippen molar-refractivity contribution < 1.29 is 13.6 Å². The molecule has 0 radical (unpaired) electrons. The molecule has 3 aromatic rings. The fourth-order valence-electron chi connectivity index (χ4n) is 2.05. The Morgan fingerprint density at radius 2 is 2.14 bits per heavy atom. The lowest BCUT2D eigenvalue weighted by Crippen LogP contribution is -2.28. The van der Waals surface area contributed by atoms with E-state index in [1.807, 2.05) is 0 Å². The minimum atomic E-state index is -0.614. The van der Waals surface area contributed by atoms with E-state index in [1.54, 1.807) is 18.2 Å². The van der Waals surface area contributed by atoms with Crippen LogP contribution < -0.4 is 16.2 Å². The van der Waals surface area contributed by atoms with E-state index in [0.29, 0.717) is 11.1 Å². The third kappa shape index (κ3) is 2.98. The minimum Gasteiger partial charge on any atom is -0.467 e. The van der Waals surface area contributed by atoms with Crippen LogP contribution in [0.3, 0.4) is 0 Å². The van der Waals surface area contributed by atoms with Crippen molar-refractivity contribution in [1.82, 2.24) is 10.3 Å². The van der Waals surface area contributed by atoms with Crippen molar-refractivity contribution in [1.29, 1.82) is 0 Å². The largest absolute Gasteiger partial charge is 0.467 e. The molecule has 0 aliphatic heterocycles. The van der Waals surface area contributed by atoms with Crippen LogP contribution in [0.5, 0.6) is 0 Å². The number of halogens is 1. The van der Waals surface area contributed by atoms with Crippen LogP contribution >= 0.6 is 0 Å². The first-order valence-corrected chi connectivity index (χ1v) is 6.51. The number of aromatic nitrogens is 1. The molecule has 2 amide bonds. The van der Waals surface area contributed by atoms with E-state index in [4.69, 9.17) is 4.42 Å². The molecule has 0 fully saturated rings. The standard InChI is InChI=1S/C15H12FN3O3/c16-12-7-10(6-9-3-4-13(20)19-14(9)12)18-15(21)17-8-11-2-1-5-22-11/h1-7H,8H2,(H,19,20)(H2,17,18,21). The first-order valence-electron chi connectivity index (χ1n) is 6.51. The molecule has 6 nitrogen and oxygen atoms in total. The van der Waals surface area contributed by atoms with Crippen LogP contribution in [0.25, 0.3) is 10.9 Å². The molecule has 7 heteroatoms. The van der Waals surface area contributed by atoms with E-state index in [-0.39, 0.29) is 23.3 Å². The van der Waals surface area contributed by atoms with Gasteiger partial charge in [-0.25, -0.2) is 9.18 Å². The Hall–Kier alpha value is -3.09. The molecule has 112 valence electrons. The van der Waals surface area contributed by atoms with Crippen molar-refractivity contribution in [2.45, 2.75) is 6.54 Å². The van der Waals surface area contributed by atoms with Crippen LogP contribution in [0.2, 0.25) is 0 Å². The second-order valence-electron chi connectivity index (χ2n) is 4.63. The molecule has 2 aromatic heterocycles. The van der Waals surface area contributed by atoms with Gasteiger partial charge in [0.05, 0.1) is 18.3 Å². The minimum absolute atomic E-state index is 0.106. The van der Waals surface area contributed by atoms with Crippen LogP contribution in [0.4, 0.5) is 14.9 Å². The third-order valence-electron chi connectivity index (χ3n) is 3.04. The number of hydrogen-bond acceptors (Lipinski definition) is 3. The molecule has 2 heterocycles. The average molecular weight is 301 g/mol. The number of urea groups is 1. The highest BCUT2D eigenvalue weighted by Gasteiger charge is 2.08. The van der Waals surface area contributed by atoms with Gasteiger partial charge in [0.15, 0.2) is 0 Å². The fourth-order valence-corrected chi connectivity index (χ4v) is 2.05. The number of furan rings is 1. The summed E-state index contributed by atoms with van der Waals surface area (Å²) in [5, 5.41) is 5.60. The average Bonchev–Trinajstić information content (AvgIpc) is 2.99. The summed E-state index contributed by atoms with van der Waals surface area (Å²) in [5.74, 6) is -0.00560. The van der Waals surface area contributed by atoms with Crippen molar-refractivity contribution in [2.75, 3.05) is 5.32 Å². The Morgan fingerprint density at radius 1 is 1.27 bits per heavy atom. The Bertz CT molecular complexity index is 871. The number of fused-ring (bicyclic) bond motifs is 1. The summed E-state index contributed by atoms with van der Waals surface area (Å²) < 4.78 is 19.0. The molecule has 0 spiro atoms. The van der Waals surface area contributed by atoms with Crippen molar-refractivity contribution in [3.05, 3.63) is 64.6 Å². The van der Waals surface area contributed by atoms with Crippen LogP contribution in [-0.2, 0) is 6.54 Å². The molecule has 0 bridgehead atoms. The number of pyridine rings is 1. The normalized spacial score (nSPS) is 10.6. The van der Waals surface area contributed by atoms with E-state index in [0.717, 1.165) is 6.07 Å². The van der Waals surface area contributed by atoms with E-state index >= 15 is 0 Å². The molecule has 3 rings (SSSR count). The SMILES string of the molecule is O=C(NCc1ccco1)Nc1cc(F)c2[nH]c(=O)ccc2c1. The monoisotopic (exact) mass is 301 g/mol. The molecule has 3 N–H and O–H groups in total. The zero-order valence-corrected chi connectivity index (χ0v) is 11.4. The third-order valence-corrected chi connectivity index (χ3v) is 3.04. The molecule has 0 atom stereocenters. The van der Waals surface area contributed by atoms with E-state index in [1.165, 1.54) is 18.4 Å². The van der Waals surface area contributed by atoms with Gasteiger partial charge in [0.2, 0.25) is 5.56 Å².